The van der Waals surface area contributed by atoms with Gasteiger partial charge in [-0.05, 0) is 79.5 Å². The van der Waals surface area contributed by atoms with Gasteiger partial charge in [-0.25, -0.2) is 4.98 Å². The molecule has 1 atom stereocenters. The lowest BCUT2D eigenvalue weighted by atomic mass is 9.77. The van der Waals surface area contributed by atoms with Crippen LogP contribution in [0.3, 0.4) is 0 Å². The third-order valence-corrected chi connectivity index (χ3v) is 10.2. The molecule has 3 aliphatic rings. The third-order valence-electron chi connectivity index (χ3n) is 8.42. The van der Waals surface area contributed by atoms with E-state index in [1.165, 1.54) is 12.8 Å². The number of nitrogens with zero attached hydrogens (tertiary/aromatic N) is 4. The molecule has 210 valence electrons. The van der Waals surface area contributed by atoms with Gasteiger partial charge in [0.25, 0.3) is 0 Å². The summed E-state index contributed by atoms with van der Waals surface area (Å²) in [5.74, 6) is 1.70. The molecule has 1 spiro atoms. The average Bonchev–Trinajstić information content (AvgIpc) is 3.38. The van der Waals surface area contributed by atoms with Crippen molar-refractivity contribution in [3.63, 3.8) is 0 Å². The third kappa shape index (κ3) is 5.67. The summed E-state index contributed by atoms with van der Waals surface area (Å²) in [6.45, 7) is 3.91. The Balaban J connectivity index is 1.19. The second-order valence-electron chi connectivity index (χ2n) is 11.0. The summed E-state index contributed by atoms with van der Waals surface area (Å²) in [5, 5.41) is 4.18. The van der Waals surface area contributed by atoms with Crippen molar-refractivity contribution in [3.05, 3.63) is 64.8 Å². The molecule has 0 bridgehead atoms. The number of benzene rings is 2. The number of esters is 1. The first-order chi connectivity index (χ1) is 19.4. The highest BCUT2D eigenvalue weighted by Gasteiger charge is 2.42. The first-order valence-electron chi connectivity index (χ1n) is 13.9. The van der Waals surface area contributed by atoms with E-state index < -0.39 is 10.8 Å². The molecular formula is C30H34ClN5O3S. The SMILES string of the molecule is COC(=O)Cc1ccc(Nc2nc(N3CCC4(CCN(c5ccc(Cl)cc5)CC4)C3)nc3c2[S@](=O)CCC3)cc1. The van der Waals surface area contributed by atoms with Crippen molar-refractivity contribution in [2.45, 2.75) is 43.4 Å². The van der Waals surface area contributed by atoms with E-state index in [1.54, 1.807) is 0 Å². The zero-order valence-corrected chi connectivity index (χ0v) is 24.3. The van der Waals surface area contributed by atoms with Crippen molar-refractivity contribution in [1.29, 1.82) is 0 Å². The van der Waals surface area contributed by atoms with Crippen molar-refractivity contribution < 1.29 is 13.7 Å². The lowest BCUT2D eigenvalue weighted by Gasteiger charge is -2.40. The van der Waals surface area contributed by atoms with Crippen molar-refractivity contribution in [2.75, 3.05) is 54.2 Å². The summed E-state index contributed by atoms with van der Waals surface area (Å²) in [5.41, 5.74) is 4.08. The van der Waals surface area contributed by atoms with E-state index in [-0.39, 0.29) is 17.8 Å². The number of fused-ring (bicyclic) bond motifs is 1. The number of rotatable bonds is 6. The molecule has 0 aliphatic carbocycles. The number of aryl methyl sites for hydroxylation is 1. The van der Waals surface area contributed by atoms with Gasteiger partial charge in [-0.2, -0.15) is 4.98 Å². The number of aromatic nitrogens is 2. The predicted octanol–water partition coefficient (Wildman–Crippen LogP) is 5.14. The Bertz CT molecular complexity index is 1410. The highest BCUT2D eigenvalue weighted by molar-refractivity contribution is 7.85. The second kappa shape index (κ2) is 11.4. The number of hydrogen-bond acceptors (Lipinski definition) is 8. The van der Waals surface area contributed by atoms with E-state index in [1.807, 2.05) is 36.4 Å². The van der Waals surface area contributed by atoms with E-state index >= 15 is 0 Å². The van der Waals surface area contributed by atoms with Gasteiger partial charge in [-0.15, -0.1) is 0 Å². The Morgan fingerprint density at radius 1 is 1.02 bits per heavy atom. The molecule has 1 N–H and O–H groups in total. The van der Waals surface area contributed by atoms with Crippen LogP contribution in [-0.2, 0) is 33.2 Å². The maximum atomic E-state index is 13.1. The summed E-state index contributed by atoms with van der Waals surface area (Å²) in [6.07, 6.45) is 5.27. The fourth-order valence-electron chi connectivity index (χ4n) is 6.08. The number of hydrogen-bond donors (Lipinski definition) is 1. The maximum Gasteiger partial charge on any atom is 0.309 e. The minimum Gasteiger partial charge on any atom is -0.469 e. The number of ether oxygens (including phenoxy) is 1. The van der Waals surface area contributed by atoms with Crippen LogP contribution in [0.5, 0.6) is 0 Å². The molecule has 1 aromatic heterocycles. The largest absolute Gasteiger partial charge is 0.469 e. The summed E-state index contributed by atoms with van der Waals surface area (Å²) >= 11 is 6.09. The summed E-state index contributed by atoms with van der Waals surface area (Å²) < 4.78 is 17.8. The van der Waals surface area contributed by atoms with E-state index in [4.69, 9.17) is 26.3 Å². The van der Waals surface area contributed by atoms with Gasteiger partial charge in [0.2, 0.25) is 5.95 Å². The minimum absolute atomic E-state index is 0.224. The molecule has 10 heteroatoms. The first-order valence-corrected chi connectivity index (χ1v) is 15.6. The molecule has 8 nitrogen and oxygen atoms in total. The van der Waals surface area contributed by atoms with Crippen LogP contribution in [0.25, 0.3) is 0 Å². The van der Waals surface area contributed by atoms with Gasteiger partial charge in [0.15, 0.2) is 5.82 Å². The highest BCUT2D eigenvalue weighted by atomic mass is 35.5. The zero-order chi connectivity index (χ0) is 27.7. The molecule has 0 radical (unpaired) electrons. The van der Waals surface area contributed by atoms with Crippen LogP contribution in [0, 0.1) is 5.41 Å². The molecular weight excluding hydrogens is 546 g/mol. The topological polar surface area (TPSA) is 87.7 Å². The molecule has 4 heterocycles. The number of anilines is 4. The van der Waals surface area contributed by atoms with Gasteiger partial charge in [0.05, 0.1) is 30.0 Å². The predicted molar refractivity (Wildman–Crippen MR) is 159 cm³/mol. The Morgan fingerprint density at radius 2 is 1.73 bits per heavy atom. The highest BCUT2D eigenvalue weighted by Crippen LogP contribution is 2.43. The van der Waals surface area contributed by atoms with E-state index in [0.717, 1.165) is 91.1 Å². The number of nitrogens with one attached hydrogen (secondary N) is 1. The van der Waals surface area contributed by atoms with Crippen molar-refractivity contribution in [2.24, 2.45) is 5.41 Å². The normalized spacial score (nSPS) is 19.9. The lowest BCUT2D eigenvalue weighted by Crippen LogP contribution is -2.41. The zero-order valence-electron chi connectivity index (χ0n) is 22.7. The fraction of sp³-hybridized carbons (Fsp3) is 0.433. The quantitative estimate of drug-likeness (QED) is 0.402. The van der Waals surface area contributed by atoms with Gasteiger partial charge >= 0.3 is 5.97 Å². The van der Waals surface area contributed by atoms with Crippen LogP contribution in [-0.4, -0.2) is 59.2 Å². The summed E-state index contributed by atoms with van der Waals surface area (Å²) in [4.78, 5) is 27.0. The molecule has 6 rings (SSSR count). The number of carbonyl (C=O) groups excluding carboxylic acids is 1. The van der Waals surface area contributed by atoms with Gasteiger partial charge in [0, 0.05) is 48.3 Å². The molecule has 0 unspecified atom stereocenters. The Labute approximate surface area is 242 Å². The van der Waals surface area contributed by atoms with Gasteiger partial charge in [-0.3, -0.25) is 9.00 Å². The molecule has 0 saturated carbocycles. The molecule has 3 aliphatic heterocycles. The Morgan fingerprint density at radius 3 is 2.42 bits per heavy atom. The van der Waals surface area contributed by atoms with Gasteiger partial charge < -0.3 is 19.9 Å². The van der Waals surface area contributed by atoms with Crippen LogP contribution in [0.1, 0.15) is 36.9 Å². The number of halogens is 1. The van der Waals surface area contributed by atoms with Crippen LogP contribution >= 0.6 is 11.6 Å². The van der Waals surface area contributed by atoms with E-state index in [2.05, 4.69) is 27.2 Å². The van der Waals surface area contributed by atoms with Crippen LogP contribution in [0.15, 0.2) is 53.4 Å². The van der Waals surface area contributed by atoms with Crippen LogP contribution in [0.2, 0.25) is 5.02 Å². The summed E-state index contributed by atoms with van der Waals surface area (Å²) in [7, 11) is 0.250. The minimum atomic E-state index is -1.14. The molecule has 2 fully saturated rings. The number of carbonyl (C=O) groups is 1. The maximum absolute atomic E-state index is 13.1. The van der Waals surface area contributed by atoms with Crippen LogP contribution < -0.4 is 15.1 Å². The monoisotopic (exact) mass is 579 g/mol. The first kappa shape index (κ1) is 27.0. The lowest BCUT2D eigenvalue weighted by molar-refractivity contribution is -0.139. The fourth-order valence-corrected chi connectivity index (χ4v) is 7.54. The van der Waals surface area contributed by atoms with Crippen molar-refractivity contribution in [1.82, 2.24) is 9.97 Å². The average molecular weight is 580 g/mol. The second-order valence-corrected chi connectivity index (χ2v) is 13.0. The van der Waals surface area contributed by atoms with Crippen LogP contribution in [0.4, 0.5) is 23.1 Å². The molecule has 0 amide bonds. The Kier molecular flexibility index (Phi) is 7.68. The number of methoxy groups -OCH3 is 1. The van der Waals surface area contributed by atoms with Crippen molar-refractivity contribution in [3.8, 4) is 0 Å². The molecule has 2 aromatic carbocycles. The van der Waals surface area contributed by atoms with E-state index in [0.29, 0.717) is 11.6 Å². The number of piperidine rings is 1. The molecule has 2 saturated heterocycles. The van der Waals surface area contributed by atoms with Crippen molar-refractivity contribution >= 4 is 51.5 Å². The van der Waals surface area contributed by atoms with E-state index in [9.17, 15) is 9.00 Å². The molecule has 40 heavy (non-hydrogen) atoms. The molecule has 3 aromatic rings. The van der Waals surface area contributed by atoms with Gasteiger partial charge in [0.1, 0.15) is 4.90 Å². The van der Waals surface area contributed by atoms with Gasteiger partial charge in [-0.1, -0.05) is 23.7 Å². The Hall–Kier alpha value is -3.17. The smallest absolute Gasteiger partial charge is 0.309 e. The standard InChI is InChI=1S/C30H34ClN5O3S/c1-39-26(37)19-21-4-8-23(9-5-21)32-28-27-25(3-2-18-40(27)38)33-29(34-28)36-17-14-30(20-36)12-15-35(16-13-30)24-10-6-22(31)7-11-24/h4-11H,2-3,12-20H2,1H3,(H,32,33,34)/t40-/m1/s1. The summed E-state index contributed by atoms with van der Waals surface area (Å²) in [6, 6.07) is 15.7.